The first-order valence-electron chi connectivity index (χ1n) is 18.5. The second-order valence-electron chi connectivity index (χ2n) is 14.6. The highest BCUT2D eigenvalue weighted by atomic mass is 35.5. The monoisotopic (exact) mass is 822 g/mol. The number of hydrogen-bond acceptors (Lipinski definition) is 8. The molecule has 10 nitrogen and oxygen atoms in total. The number of anilines is 2. The number of nitrogens with zero attached hydrogens (tertiary/aromatic N) is 2. The van der Waals surface area contributed by atoms with Crippen molar-refractivity contribution in [1.29, 1.82) is 0 Å². The Balaban J connectivity index is 1.15. The lowest BCUT2D eigenvalue weighted by molar-refractivity contribution is -0.125. The van der Waals surface area contributed by atoms with Crippen LogP contribution in [0.5, 0.6) is 23.0 Å². The Hall–Kier alpha value is -5.91. The Morgan fingerprint density at radius 3 is 2.09 bits per heavy atom. The van der Waals surface area contributed by atoms with Crippen LogP contribution in [0.25, 0.3) is 18.2 Å². The molecule has 296 valence electrons. The number of alkyl halides is 2. The minimum absolute atomic E-state index is 0.0764. The van der Waals surface area contributed by atoms with Gasteiger partial charge in [0.2, 0.25) is 11.8 Å². The lowest BCUT2D eigenvalue weighted by Gasteiger charge is -2.49. The summed E-state index contributed by atoms with van der Waals surface area (Å²) >= 11 is 14.9. The number of benzene rings is 4. The fourth-order valence-corrected chi connectivity index (χ4v) is 9.69. The Kier molecular flexibility index (Phi) is 9.93. The van der Waals surface area contributed by atoms with E-state index in [0.29, 0.717) is 28.3 Å². The number of phenolic OH excluding ortho intramolecular Hbond substituents is 1. The number of fused-ring (bicyclic) bond motifs is 4. The minimum atomic E-state index is -2.07. The molecule has 0 spiro atoms. The Morgan fingerprint density at radius 2 is 1.40 bits per heavy atom. The first kappa shape index (κ1) is 38.9. The second-order valence-corrected chi connectivity index (χ2v) is 15.9. The molecule has 6 atom stereocenters. The zero-order valence-electron chi connectivity index (χ0n) is 31.5. The summed E-state index contributed by atoms with van der Waals surface area (Å²) in [6.07, 6.45) is 8.91. The number of ether oxygens (including phenoxy) is 3. The molecule has 2 heterocycles. The summed E-state index contributed by atoms with van der Waals surface area (Å²) in [5.74, 6) is -4.98. The highest BCUT2D eigenvalue weighted by Gasteiger charge is 2.76. The van der Waals surface area contributed by atoms with Gasteiger partial charge in [0.25, 0.3) is 11.8 Å². The fraction of sp³-hybridized carbons (Fsp3) is 0.244. The molecule has 0 aromatic heterocycles. The van der Waals surface area contributed by atoms with Crippen LogP contribution in [0, 0.1) is 29.5 Å². The van der Waals surface area contributed by atoms with Gasteiger partial charge in [-0.05, 0) is 96.6 Å². The molecule has 4 aliphatic rings. The van der Waals surface area contributed by atoms with Crippen molar-refractivity contribution in [2.24, 2.45) is 23.7 Å². The SMILES string of the molecule is COc1ccc(OC)c(C=Cc2ccc(N3C(=O)[C@H]4[C@H](CC=C5[C@H]4C[C@@]4(Cl)C(=O)N(c6ccc(F)cc6)C(=O)[C@@]4(Cl)[C@H]5C=Cc4ccc(O)c(OC)c4)C3=O)cc2)c1. The first-order valence-corrected chi connectivity index (χ1v) is 19.3. The molecular formula is C45H37Cl2FN2O8. The summed E-state index contributed by atoms with van der Waals surface area (Å²) in [5.41, 5.74) is 3.27. The van der Waals surface area contributed by atoms with E-state index in [4.69, 9.17) is 37.4 Å². The number of hydrogen-bond donors (Lipinski definition) is 1. The van der Waals surface area contributed by atoms with E-state index in [2.05, 4.69) is 0 Å². The van der Waals surface area contributed by atoms with Crippen LogP contribution in [0.15, 0.2) is 103 Å². The summed E-state index contributed by atoms with van der Waals surface area (Å²) in [6, 6.07) is 22.0. The number of allylic oxidation sites excluding steroid dienone is 3. The molecule has 2 saturated heterocycles. The van der Waals surface area contributed by atoms with Crippen molar-refractivity contribution in [2.75, 3.05) is 31.1 Å². The predicted molar refractivity (Wildman–Crippen MR) is 218 cm³/mol. The zero-order chi connectivity index (χ0) is 41.1. The molecule has 2 aliphatic heterocycles. The van der Waals surface area contributed by atoms with Gasteiger partial charge in [-0.2, -0.15) is 0 Å². The Morgan fingerprint density at radius 1 is 0.724 bits per heavy atom. The van der Waals surface area contributed by atoms with Gasteiger partial charge in [-0.1, -0.05) is 54.2 Å². The largest absolute Gasteiger partial charge is 0.504 e. The van der Waals surface area contributed by atoms with E-state index in [1.165, 1.54) is 30.2 Å². The Bertz CT molecular complexity index is 2450. The van der Waals surface area contributed by atoms with Crippen LogP contribution in [0.3, 0.4) is 0 Å². The van der Waals surface area contributed by atoms with Gasteiger partial charge < -0.3 is 19.3 Å². The third-order valence-corrected chi connectivity index (χ3v) is 13.1. The van der Waals surface area contributed by atoms with E-state index in [1.54, 1.807) is 68.8 Å². The Labute approximate surface area is 343 Å². The zero-order valence-corrected chi connectivity index (χ0v) is 33.0. The number of imide groups is 2. The molecule has 0 bridgehead atoms. The molecule has 58 heavy (non-hydrogen) atoms. The van der Waals surface area contributed by atoms with Gasteiger partial charge in [-0.25, -0.2) is 9.29 Å². The molecule has 1 saturated carbocycles. The first-order chi connectivity index (χ1) is 27.8. The maximum absolute atomic E-state index is 14.6. The van der Waals surface area contributed by atoms with Crippen LogP contribution in [-0.2, 0) is 19.2 Å². The van der Waals surface area contributed by atoms with Crippen molar-refractivity contribution in [3.8, 4) is 23.0 Å². The maximum atomic E-state index is 14.6. The predicted octanol–water partition coefficient (Wildman–Crippen LogP) is 8.04. The van der Waals surface area contributed by atoms with Crippen LogP contribution < -0.4 is 24.0 Å². The number of phenols is 1. The quantitative estimate of drug-likeness (QED) is 0.0780. The van der Waals surface area contributed by atoms with Crippen molar-refractivity contribution >= 4 is 76.4 Å². The van der Waals surface area contributed by atoms with Crippen LogP contribution >= 0.6 is 23.2 Å². The summed E-state index contributed by atoms with van der Waals surface area (Å²) < 4.78 is 30.1. The van der Waals surface area contributed by atoms with E-state index >= 15 is 0 Å². The topological polar surface area (TPSA) is 123 Å². The van der Waals surface area contributed by atoms with Crippen LogP contribution in [0.1, 0.15) is 29.5 Å². The van der Waals surface area contributed by atoms with Gasteiger partial charge >= 0.3 is 0 Å². The standard InChI is InChI=1S/C45H37Cl2FN2O8/c1-56-31-16-21-37(57-2)27(23-31)9-4-25-5-12-29(13-6-25)49-40(52)33-18-17-32-34(39(33)41(49)53)24-44(46)42(54)50(30-14-10-28(48)11-15-30)43(55)45(44,47)35(32)19-7-26-8-20-36(51)38(22-26)58-3/h4-17,19-23,33-35,39,51H,18,24H2,1-3H3/t33-,34+,35-,39-,44+,45-/m0/s1. The third-order valence-electron chi connectivity index (χ3n) is 11.7. The normalized spacial score (nSPS) is 26.6. The van der Waals surface area contributed by atoms with Crippen LogP contribution in [-0.4, -0.2) is 59.8 Å². The molecule has 1 N–H and O–H groups in total. The molecule has 4 amide bonds. The molecule has 2 aliphatic carbocycles. The van der Waals surface area contributed by atoms with Crippen LogP contribution in [0.4, 0.5) is 15.8 Å². The summed E-state index contributed by atoms with van der Waals surface area (Å²) in [4.78, 5) is 55.7. The number of carbonyl (C=O) groups excluding carboxylic acids is 4. The van der Waals surface area contributed by atoms with Crippen molar-refractivity contribution in [2.45, 2.75) is 22.6 Å². The van der Waals surface area contributed by atoms with Crippen molar-refractivity contribution in [3.63, 3.8) is 0 Å². The number of aromatic hydroxyl groups is 1. The summed E-state index contributed by atoms with van der Waals surface area (Å²) in [7, 11) is 4.58. The number of halogens is 3. The molecule has 4 aromatic carbocycles. The van der Waals surface area contributed by atoms with Crippen molar-refractivity contribution < 1.29 is 42.9 Å². The molecule has 0 radical (unpaired) electrons. The van der Waals surface area contributed by atoms with Crippen LogP contribution in [0.2, 0.25) is 0 Å². The lowest BCUT2D eigenvalue weighted by Crippen LogP contribution is -2.60. The number of carbonyl (C=O) groups is 4. The molecule has 4 aromatic rings. The van der Waals surface area contributed by atoms with Gasteiger partial charge in [0, 0.05) is 11.5 Å². The van der Waals surface area contributed by atoms with E-state index in [1.807, 2.05) is 30.4 Å². The molecule has 13 heteroatoms. The van der Waals surface area contributed by atoms with E-state index in [-0.39, 0.29) is 35.9 Å². The second kappa shape index (κ2) is 14.8. The highest BCUT2D eigenvalue weighted by molar-refractivity contribution is 6.58. The summed E-state index contributed by atoms with van der Waals surface area (Å²) in [5, 5.41) is 10.2. The highest BCUT2D eigenvalue weighted by Crippen LogP contribution is 2.63. The third kappa shape index (κ3) is 6.06. The molecular weight excluding hydrogens is 786 g/mol. The van der Waals surface area contributed by atoms with Crippen molar-refractivity contribution in [1.82, 2.24) is 0 Å². The minimum Gasteiger partial charge on any atom is -0.504 e. The molecule has 3 fully saturated rings. The van der Waals surface area contributed by atoms with E-state index in [0.717, 1.165) is 28.2 Å². The molecule has 0 unspecified atom stereocenters. The summed E-state index contributed by atoms with van der Waals surface area (Å²) in [6.45, 7) is 0. The maximum Gasteiger partial charge on any atom is 0.258 e. The molecule has 8 rings (SSSR count). The van der Waals surface area contributed by atoms with Gasteiger partial charge in [-0.15, -0.1) is 23.2 Å². The smallest absolute Gasteiger partial charge is 0.258 e. The van der Waals surface area contributed by atoms with E-state index in [9.17, 15) is 28.7 Å². The average Bonchev–Trinajstić information content (AvgIpc) is 3.57. The van der Waals surface area contributed by atoms with Crippen molar-refractivity contribution in [3.05, 3.63) is 125 Å². The van der Waals surface area contributed by atoms with Gasteiger partial charge in [0.15, 0.2) is 21.2 Å². The fourth-order valence-electron chi connectivity index (χ4n) is 8.80. The van der Waals surface area contributed by atoms with Gasteiger partial charge in [0.05, 0.1) is 44.5 Å². The number of rotatable bonds is 9. The van der Waals surface area contributed by atoms with Gasteiger partial charge in [0.1, 0.15) is 17.3 Å². The lowest BCUT2D eigenvalue weighted by atomic mass is 9.57. The number of methoxy groups -OCH3 is 3. The number of amides is 4. The van der Waals surface area contributed by atoms with E-state index < -0.39 is 57.0 Å². The van der Waals surface area contributed by atoms with Gasteiger partial charge in [-0.3, -0.25) is 24.1 Å². The average molecular weight is 824 g/mol.